The van der Waals surface area contributed by atoms with E-state index in [0.29, 0.717) is 19.3 Å². The molecular formula is C56H103N5O11S. The average Bonchev–Trinajstić information content (AvgIpc) is 3.82. The average molecular weight is 1050 g/mol. The predicted octanol–water partition coefficient (Wildman–Crippen LogP) is 10.8. The molecule has 1 aromatic rings. The fourth-order valence-electron chi connectivity index (χ4n) is 9.13. The molecule has 5 unspecified atom stereocenters. The number of thioether (sulfide) groups is 1. The van der Waals surface area contributed by atoms with Gasteiger partial charge in [-0.15, -0.1) is 5.10 Å². The van der Waals surface area contributed by atoms with Gasteiger partial charge in [-0.05, 0) is 19.3 Å². The Labute approximate surface area is 444 Å². The van der Waals surface area contributed by atoms with Gasteiger partial charge in [0, 0.05) is 30.8 Å². The third-order valence-electron chi connectivity index (χ3n) is 13.8. The van der Waals surface area contributed by atoms with Crippen LogP contribution in [-0.4, -0.2) is 120 Å². The number of unbranched alkanes of at least 4 members (excludes halogenated alkanes) is 30. The Morgan fingerprint density at radius 1 is 0.589 bits per heavy atom. The van der Waals surface area contributed by atoms with Gasteiger partial charge < -0.3 is 45.3 Å². The number of esters is 2. The molecular weight excluding hydrogens is 951 g/mol. The van der Waals surface area contributed by atoms with Crippen molar-refractivity contribution >= 4 is 41.3 Å². The van der Waals surface area contributed by atoms with Crippen LogP contribution in [0.25, 0.3) is 0 Å². The van der Waals surface area contributed by atoms with Crippen LogP contribution in [0.15, 0.2) is 6.20 Å². The van der Waals surface area contributed by atoms with E-state index in [1.54, 1.807) is 0 Å². The topological polar surface area (TPSA) is 232 Å². The van der Waals surface area contributed by atoms with Gasteiger partial charge in [0.15, 0.2) is 12.1 Å². The summed E-state index contributed by atoms with van der Waals surface area (Å²) >= 11 is 1.30. The molecule has 7 atom stereocenters. The van der Waals surface area contributed by atoms with Gasteiger partial charge in [-0.1, -0.05) is 219 Å². The summed E-state index contributed by atoms with van der Waals surface area (Å²) in [6.07, 6.45) is 32.1. The quantitative estimate of drug-likeness (QED) is 0.0263. The molecule has 1 aliphatic heterocycles. The second-order valence-corrected chi connectivity index (χ2v) is 21.7. The monoisotopic (exact) mass is 1050 g/mol. The maximum Gasteiger partial charge on any atom is 0.306 e. The van der Waals surface area contributed by atoms with Crippen LogP contribution in [0.5, 0.6) is 0 Å². The molecule has 1 aliphatic rings. The van der Waals surface area contributed by atoms with Crippen LogP contribution in [0.3, 0.4) is 0 Å². The largest absolute Gasteiger partial charge is 0.462 e. The van der Waals surface area contributed by atoms with Crippen molar-refractivity contribution in [3.63, 3.8) is 0 Å². The van der Waals surface area contributed by atoms with Crippen molar-refractivity contribution in [3.8, 4) is 0 Å². The minimum Gasteiger partial charge on any atom is -0.462 e. The third kappa shape index (κ3) is 33.7. The van der Waals surface area contributed by atoms with Crippen LogP contribution in [0, 0.1) is 0 Å². The number of hydrogen-bond acceptors (Lipinski definition) is 14. The van der Waals surface area contributed by atoms with Gasteiger partial charge in [-0.3, -0.25) is 19.2 Å². The molecule has 0 spiro atoms. The minimum absolute atomic E-state index is 0.0463. The van der Waals surface area contributed by atoms with Gasteiger partial charge in [-0.25, -0.2) is 4.68 Å². The number of aliphatic hydroxyl groups excluding tert-OH is 4. The normalized spacial score (nSPS) is 18.6. The Hall–Kier alpha value is -2.83. The first kappa shape index (κ1) is 66.3. The van der Waals surface area contributed by atoms with E-state index in [0.717, 1.165) is 57.8 Å². The molecule has 424 valence electrons. The van der Waals surface area contributed by atoms with Gasteiger partial charge >= 0.3 is 11.9 Å². The number of hydrogen-bond donors (Lipinski definition) is 6. The molecule has 73 heavy (non-hydrogen) atoms. The fourth-order valence-corrected chi connectivity index (χ4v) is 10.2. The van der Waals surface area contributed by atoms with E-state index in [4.69, 9.17) is 14.2 Å². The van der Waals surface area contributed by atoms with Crippen LogP contribution in [0.2, 0.25) is 0 Å². The Morgan fingerprint density at radius 2 is 1.03 bits per heavy atom. The first-order valence-corrected chi connectivity index (χ1v) is 30.4. The summed E-state index contributed by atoms with van der Waals surface area (Å²) in [5, 5.41) is 54.0. The van der Waals surface area contributed by atoms with Crippen molar-refractivity contribution in [2.45, 2.75) is 301 Å². The highest BCUT2D eigenvalue weighted by atomic mass is 32.2. The number of nitrogens with zero attached hydrogens (tertiary/aromatic N) is 3. The van der Waals surface area contributed by atoms with Crippen molar-refractivity contribution in [1.29, 1.82) is 0 Å². The zero-order valence-electron chi connectivity index (χ0n) is 45.8. The van der Waals surface area contributed by atoms with Crippen molar-refractivity contribution in [2.24, 2.45) is 0 Å². The van der Waals surface area contributed by atoms with Crippen LogP contribution in [0.4, 0.5) is 5.82 Å². The van der Waals surface area contributed by atoms with E-state index >= 15 is 0 Å². The second kappa shape index (κ2) is 44.3. The summed E-state index contributed by atoms with van der Waals surface area (Å²) in [4.78, 5) is 53.3. The van der Waals surface area contributed by atoms with E-state index in [1.165, 1.54) is 164 Å². The van der Waals surface area contributed by atoms with Gasteiger partial charge in [0.05, 0.1) is 12.7 Å². The van der Waals surface area contributed by atoms with Crippen LogP contribution in [-0.2, 0) is 39.9 Å². The van der Waals surface area contributed by atoms with Gasteiger partial charge in [-0.2, -0.15) is 11.8 Å². The highest BCUT2D eigenvalue weighted by Gasteiger charge is 2.43. The molecule has 2 rings (SSSR count). The molecule has 6 N–H and O–H groups in total. The van der Waals surface area contributed by atoms with Gasteiger partial charge in [0.2, 0.25) is 11.8 Å². The zero-order chi connectivity index (χ0) is 53.2. The summed E-state index contributed by atoms with van der Waals surface area (Å²) in [7, 11) is 0. The second-order valence-electron chi connectivity index (χ2n) is 20.7. The van der Waals surface area contributed by atoms with Gasteiger partial charge in [0.25, 0.3) is 0 Å². The number of anilines is 1. The number of aliphatic hydroxyl groups is 4. The van der Waals surface area contributed by atoms with Gasteiger partial charge in [0.1, 0.15) is 43.2 Å². The molecule has 0 saturated carbocycles. The Balaban J connectivity index is 2.01. The van der Waals surface area contributed by atoms with Crippen LogP contribution < -0.4 is 10.6 Å². The van der Waals surface area contributed by atoms with E-state index in [-0.39, 0.29) is 61.2 Å². The number of carbonyl (C=O) groups excluding carboxylic acids is 4. The summed E-state index contributed by atoms with van der Waals surface area (Å²) in [5.74, 6) is -1.13. The highest BCUT2D eigenvalue weighted by Crippen LogP contribution is 2.22. The Morgan fingerprint density at radius 3 is 1.51 bits per heavy atom. The molecule has 16 nitrogen and oxygen atoms in total. The maximum atomic E-state index is 13.9. The Kier molecular flexibility index (Phi) is 40.2. The lowest BCUT2D eigenvalue weighted by atomic mass is 9.99. The number of nitrogens with one attached hydrogen (secondary N) is 2. The number of ether oxygens (including phenoxy) is 3. The first-order valence-electron chi connectivity index (χ1n) is 29.3. The molecule has 2 heterocycles. The van der Waals surface area contributed by atoms with Crippen molar-refractivity contribution in [1.82, 2.24) is 20.3 Å². The lowest BCUT2D eigenvalue weighted by molar-refractivity contribution is -0.284. The predicted molar refractivity (Wildman–Crippen MR) is 291 cm³/mol. The molecule has 17 heteroatoms. The summed E-state index contributed by atoms with van der Waals surface area (Å²) in [6, 6.07) is -1.01. The van der Waals surface area contributed by atoms with E-state index < -0.39 is 48.8 Å². The number of aromatic nitrogens is 3. The van der Waals surface area contributed by atoms with E-state index in [9.17, 15) is 39.6 Å². The lowest BCUT2D eigenvalue weighted by Crippen LogP contribution is -2.58. The molecule has 1 aromatic heterocycles. The number of rotatable bonds is 48. The summed E-state index contributed by atoms with van der Waals surface area (Å²) < 4.78 is 18.1. The van der Waals surface area contributed by atoms with E-state index in [1.807, 2.05) is 0 Å². The number of amides is 2. The Bertz CT molecular complexity index is 1540. The molecule has 1 saturated heterocycles. The molecule has 0 aromatic carbocycles. The fraction of sp³-hybridized carbons (Fsp3) is 0.893. The van der Waals surface area contributed by atoms with Crippen molar-refractivity contribution in [3.05, 3.63) is 6.20 Å². The zero-order valence-corrected chi connectivity index (χ0v) is 46.6. The summed E-state index contributed by atoms with van der Waals surface area (Å²) in [6.45, 7) is 6.42. The van der Waals surface area contributed by atoms with Crippen LogP contribution >= 0.6 is 11.8 Å². The molecule has 0 bridgehead atoms. The summed E-state index contributed by atoms with van der Waals surface area (Å²) in [5.41, 5.74) is 0. The highest BCUT2D eigenvalue weighted by molar-refractivity contribution is 7.99. The third-order valence-corrected chi connectivity index (χ3v) is 15.0. The smallest absolute Gasteiger partial charge is 0.306 e. The maximum absolute atomic E-state index is 13.9. The van der Waals surface area contributed by atoms with Crippen LogP contribution in [0.1, 0.15) is 252 Å². The molecule has 1 fully saturated rings. The minimum atomic E-state index is -1.72. The first-order chi connectivity index (χ1) is 35.5. The van der Waals surface area contributed by atoms with Crippen molar-refractivity contribution < 1.29 is 53.8 Å². The van der Waals surface area contributed by atoms with Crippen molar-refractivity contribution in [2.75, 3.05) is 23.4 Å². The SMILES string of the molecule is CCCCCCCCCCCCCC(=O)N[C@H](CSC[C@@H](COC(=O)CCCCCCCCCCCCC)OC(=O)CCCCCCCCCCCCC)C(=O)Nc1cn(CC2OC(O)C(O)C(O)C2O)nn1. The molecule has 2 amide bonds. The van der Waals surface area contributed by atoms with E-state index in [2.05, 4.69) is 41.7 Å². The lowest BCUT2D eigenvalue weighted by Gasteiger charge is -2.38. The number of carbonyl (C=O) groups is 4. The molecule has 0 radical (unpaired) electrons. The standard InChI is InChI=1S/C56H103N5O11S/c1-4-7-10-13-16-19-22-25-28-31-34-37-49(62)57-46(55(68)58-48-41-61(60-59-48)40-47-52(65)53(66)54(67)56(69)72-47)44-73-43-45(71-51(64)39-36-33-30-27-24-21-18-15-12-9-6-3)42-70-50(63)38-35-32-29-26-23-20-17-14-11-8-5-2/h41,45-47,52-54,56,65-67,69H,4-40,42-44H2,1-3H3,(H,57,62)(H,58,68)/t45-,46-,47?,52?,53?,54?,56?/m1/s1. The molecule has 0 aliphatic carbocycles.